The number of piperidine rings is 1. The van der Waals surface area contributed by atoms with Gasteiger partial charge in [0.05, 0.1) is 5.41 Å². The molecule has 0 amide bonds. The van der Waals surface area contributed by atoms with Crippen molar-refractivity contribution in [1.82, 2.24) is 25.4 Å². The molecule has 0 radical (unpaired) electrons. The molecule has 1 saturated heterocycles. The Hall–Kier alpha value is -1.82. The standard InChI is InChI=1S/C15H21N5O/c1-3-6-15(7-4-8-16-10-15)14-19-13(20-21-14)12-5-9-17-11(2)18-12/h5,9,16H,3-4,6-8,10H2,1-2H3. The number of rotatable bonds is 4. The van der Waals surface area contributed by atoms with E-state index in [1.165, 1.54) is 0 Å². The second-order valence-corrected chi connectivity index (χ2v) is 5.72. The normalized spacial score (nSPS) is 22.4. The molecule has 1 aliphatic heterocycles. The van der Waals surface area contributed by atoms with Gasteiger partial charge in [-0.2, -0.15) is 4.98 Å². The predicted molar refractivity (Wildman–Crippen MR) is 78.8 cm³/mol. The van der Waals surface area contributed by atoms with E-state index in [1.54, 1.807) is 6.20 Å². The molecule has 3 heterocycles. The number of nitrogens with zero attached hydrogens (tertiary/aromatic N) is 4. The van der Waals surface area contributed by atoms with E-state index >= 15 is 0 Å². The van der Waals surface area contributed by atoms with Gasteiger partial charge in [0.25, 0.3) is 0 Å². The zero-order chi connectivity index (χ0) is 14.7. The smallest absolute Gasteiger partial charge is 0.234 e. The minimum atomic E-state index is -0.0275. The fourth-order valence-electron chi connectivity index (χ4n) is 3.07. The van der Waals surface area contributed by atoms with Crippen LogP contribution in [-0.2, 0) is 5.41 Å². The largest absolute Gasteiger partial charge is 0.338 e. The summed E-state index contributed by atoms with van der Waals surface area (Å²) in [4.78, 5) is 13.1. The van der Waals surface area contributed by atoms with Crippen LogP contribution in [0.3, 0.4) is 0 Å². The van der Waals surface area contributed by atoms with Crippen molar-refractivity contribution in [1.29, 1.82) is 0 Å². The van der Waals surface area contributed by atoms with Gasteiger partial charge >= 0.3 is 0 Å². The van der Waals surface area contributed by atoms with Gasteiger partial charge in [0, 0.05) is 12.7 Å². The van der Waals surface area contributed by atoms with Gasteiger partial charge < -0.3 is 9.84 Å². The average molecular weight is 287 g/mol. The molecule has 1 N–H and O–H groups in total. The highest BCUT2D eigenvalue weighted by Crippen LogP contribution is 2.35. The molecule has 1 fully saturated rings. The molecule has 112 valence electrons. The molecule has 2 aromatic heterocycles. The molecular formula is C15H21N5O. The summed E-state index contributed by atoms with van der Waals surface area (Å²) in [6.07, 6.45) is 6.12. The lowest BCUT2D eigenvalue weighted by Crippen LogP contribution is -2.43. The first kappa shape index (κ1) is 14.1. The Kier molecular flexibility index (Phi) is 3.96. The Morgan fingerprint density at radius 3 is 3.00 bits per heavy atom. The first-order chi connectivity index (χ1) is 10.2. The molecular weight excluding hydrogens is 266 g/mol. The van der Waals surface area contributed by atoms with E-state index in [1.807, 2.05) is 13.0 Å². The van der Waals surface area contributed by atoms with E-state index in [-0.39, 0.29) is 5.41 Å². The highest BCUT2D eigenvalue weighted by Gasteiger charge is 2.38. The highest BCUT2D eigenvalue weighted by molar-refractivity contribution is 5.47. The van der Waals surface area contributed by atoms with Gasteiger partial charge in [-0.25, -0.2) is 9.97 Å². The van der Waals surface area contributed by atoms with Gasteiger partial charge in [0.1, 0.15) is 11.5 Å². The van der Waals surface area contributed by atoms with Gasteiger partial charge in [0.15, 0.2) is 0 Å². The first-order valence-corrected chi connectivity index (χ1v) is 7.58. The Morgan fingerprint density at radius 2 is 2.29 bits per heavy atom. The number of aromatic nitrogens is 4. The molecule has 0 aliphatic carbocycles. The highest BCUT2D eigenvalue weighted by atomic mass is 16.5. The summed E-state index contributed by atoms with van der Waals surface area (Å²) in [6, 6.07) is 1.81. The molecule has 0 aromatic carbocycles. The molecule has 2 aromatic rings. The quantitative estimate of drug-likeness (QED) is 0.929. The Labute approximate surface area is 124 Å². The predicted octanol–water partition coefficient (Wildman–Crippen LogP) is 2.26. The molecule has 1 aliphatic rings. The van der Waals surface area contributed by atoms with Crippen molar-refractivity contribution in [2.45, 2.75) is 44.9 Å². The third-order valence-electron chi connectivity index (χ3n) is 4.09. The van der Waals surface area contributed by atoms with Crippen LogP contribution in [0.5, 0.6) is 0 Å². The second-order valence-electron chi connectivity index (χ2n) is 5.72. The van der Waals surface area contributed by atoms with E-state index in [0.29, 0.717) is 17.3 Å². The Balaban J connectivity index is 1.92. The van der Waals surface area contributed by atoms with Gasteiger partial charge in [0.2, 0.25) is 11.7 Å². The van der Waals surface area contributed by atoms with Gasteiger partial charge in [-0.3, -0.25) is 0 Å². The number of hydrogen-bond donors (Lipinski definition) is 1. The van der Waals surface area contributed by atoms with Crippen LogP contribution in [0.25, 0.3) is 11.5 Å². The maximum Gasteiger partial charge on any atom is 0.234 e. The Bertz CT molecular complexity index is 598. The summed E-state index contributed by atoms with van der Waals surface area (Å²) >= 11 is 0. The molecule has 6 heteroatoms. The SMILES string of the molecule is CCCC1(c2nc(-c3ccnc(C)n3)no2)CCCNC1. The van der Waals surface area contributed by atoms with E-state index in [4.69, 9.17) is 4.52 Å². The fraction of sp³-hybridized carbons (Fsp3) is 0.600. The van der Waals surface area contributed by atoms with Crippen LogP contribution >= 0.6 is 0 Å². The summed E-state index contributed by atoms with van der Waals surface area (Å²) < 4.78 is 5.59. The second kappa shape index (κ2) is 5.89. The van der Waals surface area contributed by atoms with Crippen LogP contribution in [0.15, 0.2) is 16.8 Å². The number of aryl methyl sites for hydroxylation is 1. The molecule has 1 unspecified atom stereocenters. The van der Waals surface area contributed by atoms with Crippen LogP contribution in [0.4, 0.5) is 0 Å². The van der Waals surface area contributed by atoms with Crippen LogP contribution in [0, 0.1) is 6.92 Å². The topological polar surface area (TPSA) is 76.7 Å². The minimum Gasteiger partial charge on any atom is -0.338 e. The lowest BCUT2D eigenvalue weighted by Gasteiger charge is -2.34. The monoisotopic (exact) mass is 287 g/mol. The molecule has 0 bridgehead atoms. The molecule has 3 rings (SSSR count). The number of hydrogen-bond acceptors (Lipinski definition) is 6. The lowest BCUT2D eigenvalue weighted by atomic mass is 9.77. The fourth-order valence-corrected chi connectivity index (χ4v) is 3.07. The third kappa shape index (κ3) is 2.81. The minimum absolute atomic E-state index is 0.0275. The first-order valence-electron chi connectivity index (χ1n) is 7.58. The third-order valence-corrected chi connectivity index (χ3v) is 4.09. The molecule has 0 saturated carbocycles. The van der Waals surface area contributed by atoms with E-state index in [0.717, 1.165) is 44.7 Å². The van der Waals surface area contributed by atoms with Crippen LogP contribution < -0.4 is 5.32 Å². The van der Waals surface area contributed by atoms with Crippen LogP contribution in [0.1, 0.15) is 44.3 Å². The van der Waals surface area contributed by atoms with Crippen molar-refractivity contribution >= 4 is 0 Å². The maximum atomic E-state index is 5.59. The van der Waals surface area contributed by atoms with Crippen molar-refractivity contribution in [2.75, 3.05) is 13.1 Å². The van der Waals surface area contributed by atoms with Crippen molar-refractivity contribution in [3.63, 3.8) is 0 Å². The zero-order valence-electron chi connectivity index (χ0n) is 12.6. The summed E-state index contributed by atoms with van der Waals surface area (Å²) in [7, 11) is 0. The summed E-state index contributed by atoms with van der Waals surface area (Å²) in [5.41, 5.74) is 0.688. The van der Waals surface area contributed by atoms with Crippen molar-refractivity contribution < 1.29 is 4.52 Å². The van der Waals surface area contributed by atoms with Crippen molar-refractivity contribution in [2.24, 2.45) is 0 Å². The summed E-state index contributed by atoms with van der Waals surface area (Å²) in [5.74, 6) is 2.00. The van der Waals surface area contributed by atoms with E-state index in [9.17, 15) is 0 Å². The van der Waals surface area contributed by atoms with Gasteiger partial charge in [-0.05, 0) is 38.8 Å². The maximum absolute atomic E-state index is 5.59. The van der Waals surface area contributed by atoms with Gasteiger partial charge in [-0.15, -0.1) is 0 Å². The molecule has 0 spiro atoms. The van der Waals surface area contributed by atoms with Crippen molar-refractivity contribution in [3.8, 4) is 11.5 Å². The summed E-state index contributed by atoms with van der Waals surface area (Å²) in [6.45, 7) is 6.03. The lowest BCUT2D eigenvalue weighted by molar-refractivity contribution is 0.213. The average Bonchev–Trinajstić information content (AvgIpc) is 2.99. The number of nitrogens with one attached hydrogen (secondary N) is 1. The van der Waals surface area contributed by atoms with Crippen molar-refractivity contribution in [3.05, 3.63) is 24.0 Å². The molecule has 6 nitrogen and oxygen atoms in total. The molecule has 1 atom stereocenters. The van der Waals surface area contributed by atoms with Crippen LogP contribution in [-0.4, -0.2) is 33.2 Å². The van der Waals surface area contributed by atoms with Crippen LogP contribution in [0.2, 0.25) is 0 Å². The van der Waals surface area contributed by atoms with Gasteiger partial charge in [-0.1, -0.05) is 18.5 Å². The Morgan fingerprint density at radius 1 is 1.38 bits per heavy atom. The summed E-state index contributed by atoms with van der Waals surface area (Å²) in [5, 5.41) is 7.59. The van der Waals surface area contributed by atoms with E-state index in [2.05, 4.69) is 32.3 Å². The molecule has 21 heavy (non-hydrogen) atoms. The zero-order valence-corrected chi connectivity index (χ0v) is 12.6. The van der Waals surface area contributed by atoms with E-state index < -0.39 is 0 Å².